The number of hydrogen-bond acceptors (Lipinski definition) is 3. The number of hydrogen-bond donors (Lipinski definition) is 1. The summed E-state index contributed by atoms with van der Waals surface area (Å²) < 4.78 is 11.0. The van der Waals surface area contributed by atoms with E-state index in [0.717, 1.165) is 21.9 Å². The molecule has 0 radical (unpaired) electrons. The largest absolute Gasteiger partial charge is 0.477 e. The standard InChI is InChI=1S/C18H12O4/c19-18(20)15-16-13-9-5-4-8-12(13)14(17(15)22-10-21-16)11-6-2-1-3-7-11/h1-9H,10H2,(H,19,20). The molecule has 0 unspecified atom stereocenters. The van der Waals surface area contributed by atoms with E-state index in [1.165, 1.54) is 0 Å². The third-order valence-electron chi connectivity index (χ3n) is 3.81. The van der Waals surface area contributed by atoms with Crippen LogP contribution in [-0.4, -0.2) is 17.9 Å². The van der Waals surface area contributed by atoms with Crippen molar-refractivity contribution >= 4 is 16.7 Å². The van der Waals surface area contributed by atoms with E-state index in [9.17, 15) is 9.90 Å². The first-order valence-corrected chi connectivity index (χ1v) is 6.90. The van der Waals surface area contributed by atoms with Crippen LogP contribution in [0, 0.1) is 0 Å². The Morgan fingerprint density at radius 2 is 1.50 bits per heavy atom. The number of aromatic carboxylic acids is 1. The van der Waals surface area contributed by atoms with Crippen molar-refractivity contribution in [1.29, 1.82) is 0 Å². The molecule has 1 aliphatic rings. The van der Waals surface area contributed by atoms with Gasteiger partial charge in [-0.05, 0) is 10.9 Å². The monoisotopic (exact) mass is 292 g/mol. The lowest BCUT2D eigenvalue weighted by atomic mass is 9.93. The summed E-state index contributed by atoms with van der Waals surface area (Å²) in [6.07, 6.45) is 0. The lowest BCUT2D eigenvalue weighted by molar-refractivity contribution is 0.0633. The van der Waals surface area contributed by atoms with Crippen molar-refractivity contribution in [3.63, 3.8) is 0 Å². The normalized spacial score (nSPS) is 12.5. The lowest BCUT2D eigenvalue weighted by Gasteiger charge is -2.25. The van der Waals surface area contributed by atoms with Gasteiger partial charge in [0.25, 0.3) is 0 Å². The highest BCUT2D eigenvalue weighted by molar-refractivity contribution is 6.11. The molecule has 0 fully saturated rings. The van der Waals surface area contributed by atoms with Crippen LogP contribution in [0.3, 0.4) is 0 Å². The second kappa shape index (κ2) is 4.77. The first-order chi connectivity index (χ1) is 10.8. The Morgan fingerprint density at radius 3 is 2.23 bits per heavy atom. The van der Waals surface area contributed by atoms with E-state index in [-0.39, 0.29) is 12.4 Å². The zero-order chi connectivity index (χ0) is 15.1. The molecule has 0 saturated heterocycles. The van der Waals surface area contributed by atoms with Gasteiger partial charge in [0.1, 0.15) is 11.3 Å². The van der Waals surface area contributed by atoms with Crippen molar-refractivity contribution in [2.45, 2.75) is 0 Å². The third kappa shape index (κ3) is 1.74. The van der Waals surface area contributed by atoms with Gasteiger partial charge < -0.3 is 14.6 Å². The molecule has 4 heteroatoms. The summed E-state index contributed by atoms with van der Waals surface area (Å²) in [5.74, 6) is -0.296. The topological polar surface area (TPSA) is 55.8 Å². The smallest absolute Gasteiger partial charge is 0.343 e. The Bertz CT molecular complexity index is 884. The van der Waals surface area contributed by atoms with Gasteiger partial charge in [0, 0.05) is 10.9 Å². The minimum absolute atomic E-state index is 0.0200. The fraction of sp³-hybridized carbons (Fsp3) is 0.0556. The maximum atomic E-state index is 11.7. The Morgan fingerprint density at radius 1 is 0.864 bits per heavy atom. The van der Waals surface area contributed by atoms with Crippen molar-refractivity contribution in [3.05, 3.63) is 60.2 Å². The van der Waals surface area contributed by atoms with Gasteiger partial charge in [0.15, 0.2) is 5.75 Å². The quantitative estimate of drug-likeness (QED) is 0.777. The number of carboxylic acid groups (broad SMARTS) is 1. The average Bonchev–Trinajstić information content (AvgIpc) is 2.55. The van der Waals surface area contributed by atoms with Crippen LogP contribution in [0.2, 0.25) is 0 Å². The van der Waals surface area contributed by atoms with Crippen molar-refractivity contribution < 1.29 is 19.4 Å². The molecule has 0 spiro atoms. The van der Waals surface area contributed by atoms with Crippen LogP contribution in [0.5, 0.6) is 11.5 Å². The van der Waals surface area contributed by atoms with Crippen molar-refractivity contribution in [3.8, 4) is 22.6 Å². The molecule has 22 heavy (non-hydrogen) atoms. The highest BCUT2D eigenvalue weighted by atomic mass is 16.7. The molecule has 3 aromatic rings. The molecule has 4 rings (SSSR count). The van der Waals surface area contributed by atoms with Gasteiger partial charge in [-0.15, -0.1) is 0 Å². The summed E-state index contributed by atoms with van der Waals surface area (Å²) in [7, 11) is 0. The van der Waals surface area contributed by atoms with Gasteiger partial charge in [-0.1, -0.05) is 54.6 Å². The third-order valence-corrected chi connectivity index (χ3v) is 3.81. The summed E-state index contributed by atoms with van der Waals surface area (Å²) in [6, 6.07) is 17.3. The molecule has 0 aliphatic carbocycles. The minimum Gasteiger partial charge on any atom is -0.477 e. The van der Waals surface area contributed by atoms with Crippen molar-refractivity contribution in [1.82, 2.24) is 0 Å². The Labute approximate surface area is 126 Å². The van der Waals surface area contributed by atoms with E-state index in [1.807, 2.05) is 54.6 Å². The Kier molecular flexibility index (Phi) is 2.76. The van der Waals surface area contributed by atoms with E-state index in [4.69, 9.17) is 9.47 Å². The fourth-order valence-corrected chi connectivity index (χ4v) is 2.91. The first kappa shape index (κ1) is 12.7. The van der Waals surface area contributed by atoms with Gasteiger partial charge in [0.05, 0.1) is 0 Å². The highest BCUT2D eigenvalue weighted by Gasteiger charge is 2.30. The number of ether oxygens (including phenoxy) is 2. The van der Waals surface area contributed by atoms with E-state index in [0.29, 0.717) is 11.5 Å². The maximum absolute atomic E-state index is 11.7. The molecule has 4 nitrogen and oxygen atoms in total. The number of carbonyl (C=O) groups is 1. The second-order valence-corrected chi connectivity index (χ2v) is 5.03. The number of benzene rings is 3. The molecule has 0 atom stereocenters. The highest BCUT2D eigenvalue weighted by Crippen LogP contribution is 2.47. The number of fused-ring (bicyclic) bond motifs is 4. The molecule has 0 amide bonds. The van der Waals surface area contributed by atoms with Crippen LogP contribution in [0.1, 0.15) is 10.4 Å². The average molecular weight is 292 g/mol. The summed E-state index contributed by atoms with van der Waals surface area (Å²) in [4.78, 5) is 11.7. The molecular formula is C18H12O4. The minimum atomic E-state index is -1.05. The lowest BCUT2D eigenvalue weighted by Crippen LogP contribution is -2.18. The molecule has 0 saturated carbocycles. The van der Waals surface area contributed by atoms with Gasteiger partial charge in [0.2, 0.25) is 6.79 Å². The van der Waals surface area contributed by atoms with Crippen LogP contribution in [0.15, 0.2) is 54.6 Å². The molecule has 3 aromatic carbocycles. The van der Waals surface area contributed by atoms with Crippen molar-refractivity contribution in [2.75, 3.05) is 6.79 Å². The number of carboxylic acids is 1. The SMILES string of the molecule is O=C(O)c1c2c(-c3ccccc3)c3ccccc3c1OCO2. The van der Waals surface area contributed by atoms with Crippen LogP contribution in [0.4, 0.5) is 0 Å². The molecule has 1 aliphatic heterocycles. The van der Waals surface area contributed by atoms with Crippen molar-refractivity contribution in [2.24, 2.45) is 0 Å². The molecule has 1 N–H and O–H groups in total. The fourth-order valence-electron chi connectivity index (χ4n) is 2.91. The van der Waals surface area contributed by atoms with Gasteiger partial charge in [-0.3, -0.25) is 0 Å². The maximum Gasteiger partial charge on any atom is 0.343 e. The Balaban J connectivity index is 2.20. The summed E-state index contributed by atoms with van der Waals surface area (Å²) in [5, 5.41) is 11.3. The zero-order valence-corrected chi connectivity index (χ0v) is 11.6. The Hall–Kier alpha value is -3.01. The van der Waals surface area contributed by atoms with Gasteiger partial charge in [-0.25, -0.2) is 4.79 Å². The summed E-state index contributed by atoms with van der Waals surface area (Å²) >= 11 is 0. The van der Waals surface area contributed by atoms with E-state index < -0.39 is 5.97 Å². The second-order valence-electron chi connectivity index (χ2n) is 5.03. The molecule has 1 heterocycles. The predicted octanol–water partition coefficient (Wildman–Crippen LogP) is 3.93. The van der Waals surface area contributed by atoms with E-state index >= 15 is 0 Å². The number of rotatable bonds is 2. The van der Waals surface area contributed by atoms with Crippen LogP contribution in [-0.2, 0) is 0 Å². The predicted molar refractivity (Wildman–Crippen MR) is 82.5 cm³/mol. The molecule has 2 bridgehead atoms. The van der Waals surface area contributed by atoms with Crippen LogP contribution < -0.4 is 9.47 Å². The first-order valence-electron chi connectivity index (χ1n) is 6.90. The van der Waals surface area contributed by atoms with E-state index in [1.54, 1.807) is 0 Å². The summed E-state index contributed by atoms with van der Waals surface area (Å²) in [5.41, 5.74) is 1.80. The van der Waals surface area contributed by atoms with Gasteiger partial charge in [-0.2, -0.15) is 0 Å². The van der Waals surface area contributed by atoms with Crippen LogP contribution >= 0.6 is 0 Å². The zero-order valence-electron chi connectivity index (χ0n) is 11.6. The van der Waals surface area contributed by atoms with Crippen LogP contribution in [0.25, 0.3) is 21.9 Å². The molecule has 108 valence electrons. The van der Waals surface area contributed by atoms with E-state index in [2.05, 4.69) is 0 Å². The summed E-state index contributed by atoms with van der Waals surface area (Å²) in [6.45, 7) is 0.0200. The molecular weight excluding hydrogens is 280 g/mol. The molecule has 0 aromatic heterocycles. The van der Waals surface area contributed by atoms with Gasteiger partial charge >= 0.3 is 5.97 Å².